The fourth-order valence-corrected chi connectivity index (χ4v) is 7.03. The van der Waals surface area contributed by atoms with Crippen molar-refractivity contribution in [2.75, 3.05) is 13.1 Å². The predicted molar refractivity (Wildman–Crippen MR) is 97.5 cm³/mol. The molecule has 0 spiro atoms. The summed E-state index contributed by atoms with van der Waals surface area (Å²) in [6.45, 7) is 2.24. The zero-order chi connectivity index (χ0) is 17.0. The average molecular weight is 371 g/mol. The molecule has 1 fully saturated rings. The maximum Gasteiger partial charge on any atom is 0.183 e. The molecule has 2 aromatic heterocycles. The van der Waals surface area contributed by atoms with Gasteiger partial charge in [-0.1, -0.05) is 12.1 Å². The zero-order valence-electron chi connectivity index (χ0n) is 13.5. The van der Waals surface area contributed by atoms with Gasteiger partial charge in [0.15, 0.2) is 9.84 Å². The Labute approximate surface area is 150 Å². The van der Waals surface area contributed by atoms with Crippen LogP contribution in [0.15, 0.2) is 63.6 Å². The number of furan rings is 1. The second-order valence-electron chi connectivity index (χ2n) is 6.73. The molecule has 25 heavy (non-hydrogen) atoms. The van der Waals surface area contributed by atoms with Crippen LogP contribution in [0, 0.1) is 0 Å². The normalized spacial score (nSPS) is 24.3. The molecule has 0 amide bonds. The fraction of sp³-hybridized carbons (Fsp3) is 0.263. The first-order valence-electron chi connectivity index (χ1n) is 8.28. The summed E-state index contributed by atoms with van der Waals surface area (Å²) in [5, 5.41) is 1.75. The molecule has 2 atom stereocenters. The van der Waals surface area contributed by atoms with Gasteiger partial charge in [0.25, 0.3) is 0 Å². The molecule has 1 saturated heterocycles. The highest BCUT2D eigenvalue weighted by Gasteiger charge is 2.50. The van der Waals surface area contributed by atoms with Gasteiger partial charge in [0.2, 0.25) is 0 Å². The highest BCUT2D eigenvalue weighted by molar-refractivity contribution is 7.92. The van der Waals surface area contributed by atoms with E-state index in [1.165, 1.54) is 4.88 Å². The molecule has 0 radical (unpaired) electrons. The fourth-order valence-electron chi connectivity index (χ4n) is 4.09. The van der Waals surface area contributed by atoms with E-state index in [1.807, 2.05) is 24.3 Å². The van der Waals surface area contributed by atoms with Gasteiger partial charge in [-0.3, -0.25) is 4.90 Å². The van der Waals surface area contributed by atoms with E-state index in [-0.39, 0.29) is 11.2 Å². The summed E-state index contributed by atoms with van der Waals surface area (Å²) in [5.74, 6) is 0.0619. The van der Waals surface area contributed by atoms with Crippen molar-refractivity contribution in [2.24, 2.45) is 0 Å². The van der Waals surface area contributed by atoms with Crippen LogP contribution in [-0.2, 0) is 16.4 Å². The Morgan fingerprint density at radius 1 is 1.16 bits per heavy atom. The number of hydrogen-bond acceptors (Lipinski definition) is 5. The molecular weight excluding hydrogens is 354 g/mol. The monoisotopic (exact) mass is 371 g/mol. The molecule has 2 aliphatic heterocycles. The lowest BCUT2D eigenvalue weighted by molar-refractivity contribution is 0.328. The number of likely N-dealkylation sites (tertiary alicyclic amines) is 1. The van der Waals surface area contributed by atoms with Gasteiger partial charge in [0, 0.05) is 36.0 Å². The van der Waals surface area contributed by atoms with Crippen molar-refractivity contribution in [3.63, 3.8) is 0 Å². The Bertz CT molecular complexity index is 1010. The third kappa shape index (κ3) is 2.39. The summed E-state index contributed by atoms with van der Waals surface area (Å²) in [7, 11) is -3.24. The number of nitrogens with zero attached hydrogens (tertiary/aromatic N) is 1. The van der Waals surface area contributed by atoms with Crippen molar-refractivity contribution in [3.8, 4) is 11.1 Å². The van der Waals surface area contributed by atoms with E-state index in [0.29, 0.717) is 11.4 Å². The lowest BCUT2D eigenvalue weighted by Gasteiger charge is -2.16. The summed E-state index contributed by atoms with van der Waals surface area (Å²) < 4.78 is 31.1. The van der Waals surface area contributed by atoms with Gasteiger partial charge in [0.05, 0.1) is 22.7 Å². The van der Waals surface area contributed by atoms with E-state index < -0.39 is 9.84 Å². The molecule has 5 rings (SSSR count). The Hall–Kier alpha value is -1.89. The Morgan fingerprint density at radius 3 is 2.84 bits per heavy atom. The molecule has 1 aromatic carbocycles. The number of fused-ring (bicyclic) bond motifs is 3. The molecule has 128 valence electrons. The topological polar surface area (TPSA) is 50.5 Å². The van der Waals surface area contributed by atoms with Gasteiger partial charge in [0.1, 0.15) is 0 Å². The van der Waals surface area contributed by atoms with Crippen molar-refractivity contribution in [2.45, 2.75) is 22.6 Å². The molecule has 0 aliphatic carbocycles. The van der Waals surface area contributed by atoms with Crippen LogP contribution in [0.25, 0.3) is 11.1 Å². The third-order valence-corrected chi connectivity index (χ3v) is 8.39. The molecule has 4 heterocycles. The quantitative estimate of drug-likeness (QED) is 0.703. The average Bonchev–Trinajstić information content (AvgIpc) is 3.37. The number of thiophene rings is 1. The van der Waals surface area contributed by atoms with Crippen LogP contribution in [0.5, 0.6) is 0 Å². The van der Waals surface area contributed by atoms with Crippen LogP contribution in [0.3, 0.4) is 0 Å². The van der Waals surface area contributed by atoms with E-state index >= 15 is 0 Å². The maximum absolute atomic E-state index is 13.0. The first-order chi connectivity index (χ1) is 12.1. The van der Waals surface area contributed by atoms with Gasteiger partial charge in [-0.15, -0.1) is 11.3 Å². The van der Waals surface area contributed by atoms with Crippen LogP contribution < -0.4 is 0 Å². The molecule has 0 bridgehead atoms. The number of hydrogen-bond donors (Lipinski definition) is 0. The Morgan fingerprint density at radius 2 is 2.08 bits per heavy atom. The molecule has 0 N–H and O–H groups in total. The van der Waals surface area contributed by atoms with Crippen LogP contribution in [0.4, 0.5) is 0 Å². The second kappa shape index (κ2) is 5.56. The highest BCUT2D eigenvalue weighted by atomic mass is 32.2. The summed E-state index contributed by atoms with van der Waals surface area (Å²) in [4.78, 5) is 4.07. The summed E-state index contributed by atoms with van der Waals surface area (Å²) in [5.41, 5.74) is 2.97. The summed E-state index contributed by atoms with van der Waals surface area (Å²) in [6, 6.07) is 11.7. The van der Waals surface area contributed by atoms with Crippen molar-refractivity contribution in [3.05, 3.63) is 64.7 Å². The van der Waals surface area contributed by atoms with Gasteiger partial charge in [-0.25, -0.2) is 8.42 Å². The first-order valence-corrected chi connectivity index (χ1v) is 10.7. The standard InChI is InChI=1S/C19H17NO3S2/c21-25(22)18-4-3-13(14-5-6-23-12-14)8-16(18)17-10-20(11-19(17)25)9-15-2-1-7-24-15/h1-8,12,17,19H,9-11H2/t17-,19+/m0/s1. The molecule has 0 saturated carbocycles. The smallest absolute Gasteiger partial charge is 0.183 e. The first kappa shape index (κ1) is 15.4. The highest BCUT2D eigenvalue weighted by Crippen LogP contribution is 2.46. The van der Waals surface area contributed by atoms with Crippen molar-refractivity contribution in [1.29, 1.82) is 0 Å². The lowest BCUT2D eigenvalue weighted by atomic mass is 9.95. The van der Waals surface area contributed by atoms with Crippen molar-refractivity contribution < 1.29 is 12.8 Å². The number of sulfone groups is 1. The van der Waals surface area contributed by atoms with E-state index in [1.54, 1.807) is 29.9 Å². The predicted octanol–water partition coefficient (Wildman–Crippen LogP) is 3.76. The lowest BCUT2D eigenvalue weighted by Crippen LogP contribution is -2.25. The summed E-state index contributed by atoms with van der Waals surface area (Å²) in [6.07, 6.45) is 3.33. The van der Waals surface area contributed by atoms with Crippen LogP contribution >= 0.6 is 11.3 Å². The maximum atomic E-state index is 13.0. The van der Waals surface area contributed by atoms with Crippen LogP contribution in [0.1, 0.15) is 16.4 Å². The van der Waals surface area contributed by atoms with E-state index in [4.69, 9.17) is 4.42 Å². The molecule has 3 aromatic rings. The number of rotatable bonds is 3. The minimum atomic E-state index is -3.24. The molecule has 2 aliphatic rings. The molecular formula is C19H17NO3S2. The summed E-state index contributed by atoms with van der Waals surface area (Å²) >= 11 is 1.72. The Kier molecular flexibility index (Phi) is 3.42. The molecule has 0 unspecified atom stereocenters. The third-order valence-electron chi connectivity index (χ3n) is 5.27. The minimum Gasteiger partial charge on any atom is -0.472 e. The molecule has 4 nitrogen and oxygen atoms in total. The van der Waals surface area contributed by atoms with Crippen molar-refractivity contribution >= 4 is 21.2 Å². The van der Waals surface area contributed by atoms with Crippen molar-refractivity contribution in [1.82, 2.24) is 4.90 Å². The zero-order valence-corrected chi connectivity index (χ0v) is 15.1. The van der Waals surface area contributed by atoms with E-state index in [0.717, 1.165) is 29.8 Å². The Balaban J connectivity index is 1.51. The second-order valence-corrected chi connectivity index (χ2v) is 9.90. The van der Waals surface area contributed by atoms with Gasteiger partial charge in [-0.05, 0) is 40.8 Å². The SMILES string of the molecule is O=S1(=O)c2ccc(-c3ccoc3)cc2[C@@H]2CN(Cc3cccs3)C[C@H]21. The largest absolute Gasteiger partial charge is 0.472 e. The molecule has 6 heteroatoms. The van der Waals surface area contributed by atoms with Crippen LogP contribution in [-0.4, -0.2) is 31.7 Å². The van der Waals surface area contributed by atoms with Gasteiger partial charge >= 0.3 is 0 Å². The number of benzene rings is 1. The van der Waals surface area contributed by atoms with Crippen LogP contribution in [0.2, 0.25) is 0 Å². The minimum absolute atomic E-state index is 0.0619. The van der Waals surface area contributed by atoms with Gasteiger partial charge < -0.3 is 4.42 Å². The van der Waals surface area contributed by atoms with E-state index in [2.05, 4.69) is 16.3 Å². The van der Waals surface area contributed by atoms with Gasteiger partial charge in [-0.2, -0.15) is 0 Å². The van der Waals surface area contributed by atoms with E-state index in [9.17, 15) is 8.42 Å².